The second kappa shape index (κ2) is 7.29. The van der Waals surface area contributed by atoms with Crippen LogP contribution in [-0.2, 0) is 22.4 Å². The number of nitrogens with zero attached hydrogens (tertiary/aromatic N) is 2. The highest BCUT2D eigenvalue weighted by atomic mass is 16.6. The molecule has 2 aromatic rings. The van der Waals surface area contributed by atoms with Gasteiger partial charge in [0.25, 0.3) is 0 Å². The first kappa shape index (κ1) is 16.2. The van der Waals surface area contributed by atoms with E-state index in [4.69, 9.17) is 14.2 Å². The van der Waals surface area contributed by atoms with E-state index in [9.17, 15) is 5.11 Å². The summed E-state index contributed by atoms with van der Waals surface area (Å²) in [5.41, 5.74) is 2.13. The lowest BCUT2D eigenvalue weighted by Crippen LogP contribution is -2.30. The maximum Gasteiger partial charge on any atom is 0.124 e. The van der Waals surface area contributed by atoms with E-state index in [-0.39, 0.29) is 6.10 Å². The van der Waals surface area contributed by atoms with Crippen LogP contribution < -0.4 is 4.74 Å². The fourth-order valence-electron chi connectivity index (χ4n) is 2.95. The minimum absolute atomic E-state index is 0.0171. The van der Waals surface area contributed by atoms with Crippen LogP contribution in [0.4, 0.5) is 0 Å². The van der Waals surface area contributed by atoms with E-state index < -0.39 is 6.10 Å². The molecule has 6 nitrogen and oxygen atoms in total. The van der Waals surface area contributed by atoms with Gasteiger partial charge in [0.15, 0.2) is 0 Å². The molecule has 1 aromatic heterocycles. The van der Waals surface area contributed by atoms with Gasteiger partial charge in [-0.25, -0.2) is 0 Å². The SMILES string of the molecule is CCOCCOC1COc2ccc3cnn(CC(C)O)c3c2C1. The van der Waals surface area contributed by atoms with Crippen molar-refractivity contribution in [2.24, 2.45) is 0 Å². The normalized spacial score (nSPS) is 18.7. The number of ether oxygens (including phenoxy) is 3. The van der Waals surface area contributed by atoms with Crippen LogP contribution in [-0.4, -0.2) is 53.5 Å². The molecule has 1 aliphatic rings. The van der Waals surface area contributed by atoms with E-state index in [2.05, 4.69) is 5.10 Å². The lowest BCUT2D eigenvalue weighted by Gasteiger charge is -2.26. The van der Waals surface area contributed by atoms with Crippen LogP contribution in [0.15, 0.2) is 18.3 Å². The summed E-state index contributed by atoms with van der Waals surface area (Å²) in [5, 5.41) is 15.1. The Hall–Kier alpha value is -1.63. The van der Waals surface area contributed by atoms with Gasteiger partial charge in [0, 0.05) is 24.0 Å². The van der Waals surface area contributed by atoms with Gasteiger partial charge in [-0.05, 0) is 26.0 Å². The Kier molecular flexibility index (Phi) is 5.15. The van der Waals surface area contributed by atoms with Crippen LogP contribution in [0, 0.1) is 0 Å². The zero-order chi connectivity index (χ0) is 16.2. The van der Waals surface area contributed by atoms with Gasteiger partial charge in [-0.3, -0.25) is 4.68 Å². The lowest BCUT2D eigenvalue weighted by atomic mass is 10.0. The number of hydrogen-bond acceptors (Lipinski definition) is 5. The van der Waals surface area contributed by atoms with Gasteiger partial charge >= 0.3 is 0 Å². The Labute approximate surface area is 135 Å². The third-order valence-corrected chi connectivity index (χ3v) is 3.94. The van der Waals surface area contributed by atoms with Crippen molar-refractivity contribution in [1.82, 2.24) is 9.78 Å². The first-order valence-electron chi connectivity index (χ1n) is 8.16. The van der Waals surface area contributed by atoms with Gasteiger partial charge in [0.05, 0.1) is 43.7 Å². The third-order valence-electron chi connectivity index (χ3n) is 3.94. The lowest BCUT2D eigenvalue weighted by molar-refractivity contribution is -0.0180. The summed E-state index contributed by atoms with van der Waals surface area (Å²) in [6.07, 6.45) is 2.18. The zero-order valence-electron chi connectivity index (χ0n) is 13.7. The van der Waals surface area contributed by atoms with Gasteiger partial charge in [0.1, 0.15) is 12.4 Å². The highest BCUT2D eigenvalue weighted by molar-refractivity contribution is 5.84. The molecule has 6 heteroatoms. The molecule has 2 unspecified atom stereocenters. The molecule has 0 fully saturated rings. The Morgan fingerprint density at radius 2 is 2.30 bits per heavy atom. The van der Waals surface area contributed by atoms with Crippen molar-refractivity contribution >= 4 is 10.9 Å². The van der Waals surface area contributed by atoms with Gasteiger partial charge in [-0.15, -0.1) is 0 Å². The Bertz CT molecular complexity index is 653. The first-order chi connectivity index (χ1) is 11.2. The molecule has 2 heterocycles. The summed E-state index contributed by atoms with van der Waals surface area (Å²) in [5.74, 6) is 0.884. The molecule has 126 valence electrons. The first-order valence-corrected chi connectivity index (χ1v) is 8.16. The molecular weight excluding hydrogens is 296 g/mol. The fourth-order valence-corrected chi connectivity index (χ4v) is 2.95. The highest BCUT2D eigenvalue weighted by Crippen LogP contribution is 2.33. The fraction of sp³-hybridized carbons (Fsp3) is 0.588. The Morgan fingerprint density at radius 3 is 3.09 bits per heavy atom. The second-order valence-corrected chi connectivity index (χ2v) is 5.86. The monoisotopic (exact) mass is 320 g/mol. The van der Waals surface area contributed by atoms with Crippen LogP contribution in [0.3, 0.4) is 0 Å². The van der Waals surface area contributed by atoms with E-state index in [1.54, 1.807) is 6.92 Å². The molecular formula is C17H24N2O4. The van der Waals surface area contributed by atoms with Gasteiger partial charge in [0.2, 0.25) is 0 Å². The van der Waals surface area contributed by atoms with E-state index in [0.717, 1.165) is 28.6 Å². The van der Waals surface area contributed by atoms with Crippen LogP contribution >= 0.6 is 0 Å². The molecule has 0 aliphatic carbocycles. The average Bonchev–Trinajstić information content (AvgIpc) is 2.94. The van der Waals surface area contributed by atoms with Gasteiger partial charge in [-0.2, -0.15) is 5.10 Å². The van der Waals surface area contributed by atoms with E-state index in [0.29, 0.717) is 33.0 Å². The van der Waals surface area contributed by atoms with Crippen molar-refractivity contribution in [3.05, 3.63) is 23.9 Å². The van der Waals surface area contributed by atoms with Crippen molar-refractivity contribution in [2.75, 3.05) is 26.4 Å². The predicted octanol–water partition coefficient (Wildman–Crippen LogP) is 1.77. The molecule has 23 heavy (non-hydrogen) atoms. The maximum atomic E-state index is 9.68. The summed E-state index contributed by atoms with van der Waals surface area (Å²) in [4.78, 5) is 0. The molecule has 3 rings (SSSR count). The van der Waals surface area contributed by atoms with Crippen LogP contribution in [0.1, 0.15) is 19.4 Å². The predicted molar refractivity (Wildman–Crippen MR) is 86.8 cm³/mol. The Balaban J connectivity index is 1.80. The van der Waals surface area contributed by atoms with Crippen LogP contribution in [0.5, 0.6) is 5.75 Å². The van der Waals surface area contributed by atoms with Crippen molar-refractivity contribution in [3.63, 3.8) is 0 Å². The van der Waals surface area contributed by atoms with Crippen LogP contribution in [0.2, 0.25) is 0 Å². The molecule has 1 aliphatic heterocycles. The van der Waals surface area contributed by atoms with Gasteiger partial charge < -0.3 is 19.3 Å². The summed E-state index contributed by atoms with van der Waals surface area (Å²) in [6, 6.07) is 4.00. The number of aliphatic hydroxyl groups is 1. The number of aromatic nitrogens is 2. The van der Waals surface area contributed by atoms with Gasteiger partial charge in [-0.1, -0.05) is 0 Å². The van der Waals surface area contributed by atoms with Crippen LogP contribution in [0.25, 0.3) is 10.9 Å². The largest absolute Gasteiger partial charge is 0.491 e. The number of aliphatic hydroxyl groups excluding tert-OH is 1. The topological polar surface area (TPSA) is 65.7 Å². The standard InChI is InChI=1S/C17H24N2O4/c1-3-21-6-7-22-14-8-15-16(23-11-14)5-4-13-9-18-19(17(13)15)10-12(2)20/h4-5,9,12,14,20H,3,6-8,10-11H2,1-2H3. The molecule has 1 N–H and O–H groups in total. The minimum Gasteiger partial charge on any atom is -0.491 e. The molecule has 2 atom stereocenters. The van der Waals surface area contributed by atoms with E-state index >= 15 is 0 Å². The molecule has 0 amide bonds. The summed E-state index contributed by atoms with van der Waals surface area (Å²) in [7, 11) is 0. The number of hydrogen-bond donors (Lipinski definition) is 1. The average molecular weight is 320 g/mol. The second-order valence-electron chi connectivity index (χ2n) is 5.86. The molecule has 0 bridgehead atoms. The minimum atomic E-state index is -0.447. The van der Waals surface area contributed by atoms with Crippen molar-refractivity contribution in [1.29, 1.82) is 0 Å². The zero-order valence-corrected chi connectivity index (χ0v) is 13.7. The number of rotatable bonds is 7. The van der Waals surface area contributed by atoms with Crippen molar-refractivity contribution < 1.29 is 19.3 Å². The smallest absolute Gasteiger partial charge is 0.124 e. The van der Waals surface area contributed by atoms with E-state index in [1.165, 1.54) is 0 Å². The summed E-state index contributed by atoms with van der Waals surface area (Å²) in [6.45, 7) is 6.63. The van der Waals surface area contributed by atoms with Crippen molar-refractivity contribution in [2.45, 2.75) is 39.0 Å². The molecule has 0 saturated heterocycles. The Morgan fingerprint density at radius 1 is 1.43 bits per heavy atom. The maximum absolute atomic E-state index is 9.68. The quantitative estimate of drug-likeness (QED) is 0.788. The molecule has 1 aromatic carbocycles. The molecule has 0 spiro atoms. The molecule has 0 radical (unpaired) electrons. The molecule has 0 saturated carbocycles. The highest BCUT2D eigenvalue weighted by Gasteiger charge is 2.24. The third kappa shape index (κ3) is 3.65. The summed E-state index contributed by atoms with van der Waals surface area (Å²) >= 11 is 0. The summed E-state index contributed by atoms with van der Waals surface area (Å²) < 4.78 is 18.9. The van der Waals surface area contributed by atoms with Crippen molar-refractivity contribution in [3.8, 4) is 5.75 Å². The number of fused-ring (bicyclic) bond motifs is 3. The van der Waals surface area contributed by atoms with E-state index in [1.807, 2.05) is 29.9 Å². The number of benzene rings is 1.